The summed E-state index contributed by atoms with van der Waals surface area (Å²) in [5.41, 5.74) is 5.39. The van der Waals surface area contributed by atoms with Gasteiger partial charge in [-0.3, -0.25) is 4.79 Å². The van der Waals surface area contributed by atoms with Crippen molar-refractivity contribution in [2.75, 3.05) is 6.54 Å². The normalized spacial score (nSPS) is 28.7. The lowest BCUT2D eigenvalue weighted by atomic mass is 9.76. The summed E-state index contributed by atoms with van der Waals surface area (Å²) in [5.74, 6) is -1.26. The fraction of sp³-hybridized carbons (Fsp3) is 0.909. The van der Waals surface area contributed by atoms with Crippen molar-refractivity contribution >= 4 is 5.97 Å². The smallest absolute Gasteiger partial charge is 0.306 e. The predicted molar refractivity (Wildman–Crippen MR) is 57.4 cm³/mol. The van der Waals surface area contributed by atoms with Crippen LogP contribution in [0.2, 0.25) is 0 Å². The van der Waals surface area contributed by atoms with E-state index in [1.54, 1.807) is 0 Å². The van der Waals surface area contributed by atoms with Crippen molar-refractivity contribution < 1.29 is 15.0 Å². The Morgan fingerprint density at radius 3 is 2.60 bits per heavy atom. The molecule has 4 nitrogen and oxygen atoms in total. The Hall–Kier alpha value is -0.610. The van der Waals surface area contributed by atoms with Crippen LogP contribution in [0.3, 0.4) is 0 Å². The average Bonchev–Trinajstić information content (AvgIpc) is 2.20. The number of aliphatic hydroxyl groups is 1. The molecule has 1 rings (SSSR count). The number of hydrogen-bond donors (Lipinski definition) is 3. The van der Waals surface area contributed by atoms with Crippen LogP contribution >= 0.6 is 0 Å². The largest absolute Gasteiger partial charge is 0.481 e. The summed E-state index contributed by atoms with van der Waals surface area (Å²) >= 11 is 0. The van der Waals surface area contributed by atoms with Gasteiger partial charge in [0, 0.05) is 0 Å². The zero-order valence-corrected chi connectivity index (χ0v) is 9.06. The van der Waals surface area contributed by atoms with E-state index in [4.69, 9.17) is 10.8 Å². The molecule has 0 heterocycles. The Morgan fingerprint density at radius 2 is 2.07 bits per heavy atom. The second-order valence-corrected chi connectivity index (χ2v) is 4.39. The van der Waals surface area contributed by atoms with Crippen LogP contribution in [0.1, 0.15) is 38.5 Å². The van der Waals surface area contributed by atoms with Crippen molar-refractivity contribution in [1.29, 1.82) is 0 Å². The van der Waals surface area contributed by atoms with E-state index in [2.05, 4.69) is 0 Å². The first-order chi connectivity index (χ1) is 7.16. The molecule has 88 valence electrons. The second-order valence-electron chi connectivity index (χ2n) is 4.39. The van der Waals surface area contributed by atoms with E-state index in [9.17, 15) is 9.90 Å². The molecule has 0 aliphatic heterocycles. The van der Waals surface area contributed by atoms with Gasteiger partial charge in [0.15, 0.2) is 0 Å². The standard InChI is InChI=1S/C11H21NO3/c12-7-3-5-9(11(14)15)8-4-1-2-6-10(8)13/h8-10,13H,1-7,12H2,(H,14,15). The number of nitrogens with two attached hydrogens (primary N) is 1. The molecule has 3 unspecified atom stereocenters. The molecule has 15 heavy (non-hydrogen) atoms. The predicted octanol–water partition coefficient (Wildman–Crippen LogP) is 0.977. The molecule has 0 bridgehead atoms. The SMILES string of the molecule is NCCCC(C(=O)O)C1CCCCC1O. The van der Waals surface area contributed by atoms with Crippen LogP contribution in [0.5, 0.6) is 0 Å². The van der Waals surface area contributed by atoms with E-state index in [0.29, 0.717) is 13.0 Å². The van der Waals surface area contributed by atoms with Gasteiger partial charge < -0.3 is 15.9 Å². The Bertz CT molecular complexity index is 208. The summed E-state index contributed by atoms with van der Waals surface area (Å²) in [6.07, 6.45) is 4.51. The van der Waals surface area contributed by atoms with Crippen molar-refractivity contribution in [3.63, 3.8) is 0 Å². The Morgan fingerprint density at radius 1 is 1.40 bits per heavy atom. The second kappa shape index (κ2) is 6.08. The number of carbonyl (C=O) groups is 1. The van der Waals surface area contributed by atoms with Gasteiger partial charge in [0.2, 0.25) is 0 Å². The van der Waals surface area contributed by atoms with Gasteiger partial charge in [-0.25, -0.2) is 0 Å². The third-order valence-corrected chi connectivity index (χ3v) is 3.33. The monoisotopic (exact) mass is 215 g/mol. The van der Waals surface area contributed by atoms with Crippen molar-refractivity contribution in [3.8, 4) is 0 Å². The number of rotatable bonds is 5. The molecule has 1 aliphatic carbocycles. The summed E-state index contributed by atoms with van der Waals surface area (Å²) in [5, 5.41) is 18.9. The quantitative estimate of drug-likeness (QED) is 0.638. The topological polar surface area (TPSA) is 83.6 Å². The Labute approximate surface area is 90.5 Å². The third-order valence-electron chi connectivity index (χ3n) is 3.33. The van der Waals surface area contributed by atoms with Crippen molar-refractivity contribution in [3.05, 3.63) is 0 Å². The van der Waals surface area contributed by atoms with Crippen LogP contribution in [0.4, 0.5) is 0 Å². The van der Waals surface area contributed by atoms with Crippen LogP contribution in [0.15, 0.2) is 0 Å². The molecule has 0 spiro atoms. The van der Waals surface area contributed by atoms with E-state index >= 15 is 0 Å². The first-order valence-corrected chi connectivity index (χ1v) is 5.77. The molecule has 0 amide bonds. The van der Waals surface area contributed by atoms with Gasteiger partial charge in [-0.2, -0.15) is 0 Å². The van der Waals surface area contributed by atoms with Gasteiger partial charge in [-0.05, 0) is 38.1 Å². The molecule has 0 aromatic heterocycles. The minimum atomic E-state index is -0.783. The minimum absolute atomic E-state index is 0.0669. The highest BCUT2D eigenvalue weighted by atomic mass is 16.4. The Kier molecular flexibility index (Phi) is 5.05. The number of hydrogen-bond acceptors (Lipinski definition) is 3. The van der Waals surface area contributed by atoms with Gasteiger partial charge in [0.25, 0.3) is 0 Å². The first-order valence-electron chi connectivity index (χ1n) is 5.77. The molecule has 0 saturated heterocycles. The van der Waals surface area contributed by atoms with Crippen LogP contribution in [0, 0.1) is 11.8 Å². The zero-order valence-electron chi connectivity index (χ0n) is 9.06. The Balaban J connectivity index is 2.56. The molecule has 0 radical (unpaired) electrons. The van der Waals surface area contributed by atoms with Crippen LogP contribution in [0.25, 0.3) is 0 Å². The summed E-state index contributed by atoms with van der Waals surface area (Å²) in [6, 6.07) is 0. The van der Waals surface area contributed by atoms with E-state index < -0.39 is 18.0 Å². The van der Waals surface area contributed by atoms with Crippen LogP contribution < -0.4 is 5.73 Å². The van der Waals surface area contributed by atoms with Gasteiger partial charge in [-0.1, -0.05) is 12.8 Å². The van der Waals surface area contributed by atoms with Crippen molar-refractivity contribution in [2.24, 2.45) is 17.6 Å². The third kappa shape index (κ3) is 3.47. The fourth-order valence-electron chi connectivity index (χ4n) is 2.47. The maximum atomic E-state index is 11.1. The summed E-state index contributed by atoms with van der Waals surface area (Å²) < 4.78 is 0. The number of carboxylic acids is 1. The zero-order chi connectivity index (χ0) is 11.3. The van der Waals surface area contributed by atoms with Crippen LogP contribution in [-0.4, -0.2) is 28.8 Å². The molecule has 0 aromatic rings. The van der Waals surface area contributed by atoms with Crippen molar-refractivity contribution in [1.82, 2.24) is 0 Å². The molecular weight excluding hydrogens is 194 g/mol. The fourth-order valence-corrected chi connectivity index (χ4v) is 2.47. The lowest BCUT2D eigenvalue weighted by Crippen LogP contribution is -2.35. The van der Waals surface area contributed by atoms with E-state index in [1.807, 2.05) is 0 Å². The molecule has 3 atom stereocenters. The average molecular weight is 215 g/mol. The van der Waals surface area contributed by atoms with Crippen molar-refractivity contribution in [2.45, 2.75) is 44.6 Å². The van der Waals surface area contributed by atoms with E-state index in [-0.39, 0.29) is 5.92 Å². The minimum Gasteiger partial charge on any atom is -0.481 e. The molecule has 4 N–H and O–H groups in total. The summed E-state index contributed by atoms with van der Waals surface area (Å²) in [4.78, 5) is 11.1. The summed E-state index contributed by atoms with van der Waals surface area (Å²) in [6.45, 7) is 0.520. The molecule has 0 aromatic carbocycles. The highest BCUT2D eigenvalue weighted by molar-refractivity contribution is 5.70. The first kappa shape index (κ1) is 12.5. The molecule has 4 heteroatoms. The lowest BCUT2D eigenvalue weighted by molar-refractivity contribution is -0.146. The number of carboxylic acid groups (broad SMARTS) is 1. The highest BCUT2D eigenvalue weighted by Gasteiger charge is 2.34. The van der Waals surface area contributed by atoms with E-state index in [1.165, 1.54) is 0 Å². The van der Waals surface area contributed by atoms with Gasteiger partial charge in [0.05, 0.1) is 12.0 Å². The van der Waals surface area contributed by atoms with E-state index in [0.717, 1.165) is 32.1 Å². The molecule has 1 aliphatic rings. The van der Waals surface area contributed by atoms with Gasteiger partial charge in [0.1, 0.15) is 0 Å². The number of aliphatic hydroxyl groups excluding tert-OH is 1. The van der Waals surface area contributed by atoms with Crippen LogP contribution in [-0.2, 0) is 4.79 Å². The maximum absolute atomic E-state index is 11.1. The number of aliphatic carboxylic acids is 1. The lowest BCUT2D eigenvalue weighted by Gasteiger charge is -2.32. The van der Waals surface area contributed by atoms with Gasteiger partial charge in [-0.15, -0.1) is 0 Å². The summed E-state index contributed by atoms with van der Waals surface area (Å²) in [7, 11) is 0. The molecule has 1 saturated carbocycles. The van der Waals surface area contributed by atoms with Gasteiger partial charge >= 0.3 is 5.97 Å². The molecule has 1 fully saturated rings. The highest BCUT2D eigenvalue weighted by Crippen LogP contribution is 2.32. The molecular formula is C11H21NO3. The maximum Gasteiger partial charge on any atom is 0.306 e.